The minimum atomic E-state index is -0.881. The molecule has 0 unspecified atom stereocenters. The van der Waals surface area contributed by atoms with E-state index < -0.39 is 5.97 Å². The summed E-state index contributed by atoms with van der Waals surface area (Å²) in [6.07, 6.45) is 0. The van der Waals surface area contributed by atoms with Crippen molar-refractivity contribution < 1.29 is 14.4 Å². The van der Waals surface area contributed by atoms with Crippen LogP contribution in [0.1, 0.15) is 32.9 Å². The van der Waals surface area contributed by atoms with Crippen LogP contribution in [0.3, 0.4) is 0 Å². The molecule has 0 spiro atoms. The van der Waals surface area contributed by atoms with E-state index in [1.807, 2.05) is 19.1 Å². The van der Waals surface area contributed by atoms with E-state index in [2.05, 4.69) is 10.1 Å². The van der Waals surface area contributed by atoms with Crippen LogP contribution in [-0.2, 0) is 19.6 Å². The van der Waals surface area contributed by atoms with Crippen LogP contribution in [-0.4, -0.2) is 21.1 Å². The molecule has 1 aliphatic rings. The van der Waals surface area contributed by atoms with Crippen LogP contribution >= 0.6 is 0 Å². The lowest BCUT2D eigenvalue weighted by Crippen LogP contribution is -2.15. The van der Waals surface area contributed by atoms with Gasteiger partial charge in [0.2, 0.25) is 0 Å². The number of nitrogens with zero attached hydrogens (tertiary/aromatic N) is 2. The Bertz CT molecular complexity index is 633. The van der Waals surface area contributed by atoms with E-state index in [1.54, 1.807) is 12.1 Å². The zero-order chi connectivity index (χ0) is 13.4. The number of benzene rings is 1. The van der Waals surface area contributed by atoms with Gasteiger partial charge >= 0.3 is 5.97 Å². The van der Waals surface area contributed by atoms with Crippen LogP contribution in [0.5, 0.6) is 0 Å². The fraction of sp³-hybridized carbons (Fsp3) is 0.286. The highest BCUT2D eigenvalue weighted by molar-refractivity contribution is 5.87. The number of aromatic nitrogens is 1. The first kappa shape index (κ1) is 11.9. The Kier molecular flexibility index (Phi) is 2.83. The Hall–Kier alpha value is -2.14. The average Bonchev–Trinajstić information content (AvgIpc) is 2.94. The molecule has 0 radical (unpaired) electrons. The topological polar surface area (TPSA) is 66.6 Å². The van der Waals surface area contributed by atoms with Gasteiger partial charge in [0.25, 0.3) is 0 Å². The summed E-state index contributed by atoms with van der Waals surface area (Å²) in [6, 6.07) is 7.23. The Labute approximate surface area is 110 Å². The number of rotatable bonds is 3. The quantitative estimate of drug-likeness (QED) is 0.914. The van der Waals surface area contributed by atoms with E-state index in [0.717, 1.165) is 30.1 Å². The van der Waals surface area contributed by atoms with Crippen molar-refractivity contribution in [1.82, 2.24) is 10.1 Å². The van der Waals surface area contributed by atoms with Crippen molar-refractivity contribution in [2.75, 3.05) is 0 Å². The first-order chi connectivity index (χ1) is 9.11. The minimum Gasteiger partial charge on any atom is -0.478 e. The zero-order valence-corrected chi connectivity index (χ0v) is 10.6. The van der Waals surface area contributed by atoms with E-state index in [0.29, 0.717) is 12.1 Å². The van der Waals surface area contributed by atoms with E-state index >= 15 is 0 Å². The van der Waals surface area contributed by atoms with Crippen molar-refractivity contribution in [2.24, 2.45) is 0 Å². The average molecular weight is 258 g/mol. The smallest absolute Gasteiger partial charge is 0.335 e. The lowest BCUT2D eigenvalue weighted by Gasteiger charge is -2.11. The molecule has 5 heteroatoms. The number of aryl methyl sites for hydroxylation is 1. The molecule has 1 N–H and O–H groups in total. The second-order valence-corrected chi connectivity index (χ2v) is 4.86. The summed E-state index contributed by atoms with van der Waals surface area (Å²) in [5.41, 5.74) is 3.52. The Balaban J connectivity index is 1.75. The zero-order valence-electron chi connectivity index (χ0n) is 10.6. The second kappa shape index (κ2) is 4.51. The Morgan fingerprint density at radius 3 is 2.84 bits per heavy atom. The van der Waals surface area contributed by atoms with Gasteiger partial charge in [-0.05, 0) is 30.2 Å². The number of hydrogen-bond acceptors (Lipinski definition) is 4. The van der Waals surface area contributed by atoms with Gasteiger partial charge in [0.05, 0.1) is 11.3 Å². The van der Waals surface area contributed by atoms with Crippen LogP contribution in [0.4, 0.5) is 0 Å². The van der Waals surface area contributed by atoms with Gasteiger partial charge in [0, 0.05) is 25.7 Å². The summed E-state index contributed by atoms with van der Waals surface area (Å²) in [6.45, 7) is 4.16. The third-order valence-corrected chi connectivity index (χ3v) is 3.30. The molecular formula is C14H14N2O3. The normalized spacial score (nSPS) is 14.6. The van der Waals surface area contributed by atoms with Gasteiger partial charge in [-0.3, -0.25) is 4.90 Å². The summed E-state index contributed by atoms with van der Waals surface area (Å²) < 4.78 is 5.05. The molecule has 3 rings (SSSR count). The Morgan fingerprint density at radius 2 is 2.16 bits per heavy atom. The maximum absolute atomic E-state index is 10.9. The number of aromatic carboxylic acids is 1. The van der Waals surface area contributed by atoms with Crippen molar-refractivity contribution in [3.8, 4) is 0 Å². The van der Waals surface area contributed by atoms with Gasteiger partial charge in [-0.1, -0.05) is 11.2 Å². The standard InChI is InChI=1S/C14H14N2O3/c1-9-4-13(15-19-9)8-16-6-11-3-2-10(14(17)18)5-12(11)7-16/h2-5H,6-8H2,1H3,(H,17,18). The van der Waals surface area contributed by atoms with Crippen LogP contribution < -0.4 is 0 Å². The van der Waals surface area contributed by atoms with Crippen molar-refractivity contribution in [1.29, 1.82) is 0 Å². The van der Waals surface area contributed by atoms with Crippen LogP contribution in [0.25, 0.3) is 0 Å². The molecular weight excluding hydrogens is 244 g/mol. The molecule has 0 saturated heterocycles. The lowest BCUT2D eigenvalue weighted by atomic mass is 10.1. The number of carbonyl (C=O) groups is 1. The molecule has 5 nitrogen and oxygen atoms in total. The van der Waals surface area contributed by atoms with Gasteiger partial charge in [0.15, 0.2) is 0 Å². The van der Waals surface area contributed by atoms with E-state index in [4.69, 9.17) is 9.63 Å². The maximum Gasteiger partial charge on any atom is 0.335 e. The molecule has 98 valence electrons. The predicted molar refractivity (Wildman–Crippen MR) is 67.6 cm³/mol. The highest BCUT2D eigenvalue weighted by atomic mass is 16.5. The largest absolute Gasteiger partial charge is 0.478 e. The molecule has 0 saturated carbocycles. The first-order valence-corrected chi connectivity index (χ1v) is 6.11. The number of carboxylic acids is 1. The summed E-state index contributed by atoms with van der Waals surface area (Å²) in [5.74, 6) is -0.0757. The molecule has 0 aliphatic carbocycles. The molecule has 1 aromatic heterocycles. The monoisotopic (exact) mass is 258 g/mol. The third kappa shape index (κ3) is 2.37. The highest BCUT2D eigenvalue weighted by Gasteiger charge is 2.21. The molecule has 0 bridgehead atoms. The molecule has 2 heterocycles. The van der Waals surface area contributed by atoms with Crippen molar-refractivity contribution in [2.45, 2.75) is 26.6 Å². The van der Waals surface area contributed by atoms with Crippen molar-refractivity contribution >= 4 is 5.97 Å². The SMILES string of the molecule is Cc1cc(CN2Cc3ccc(C(=O)O)cc3C2)no1. The lowest BCUT2D eigenvalue weighted by molar-refractivity contribution is 0.0696. The van der Waals surface area contributed by atoms with Crippen molar-refractivity contribution in [3.05, 3.63) is 52.4 Å². The molecule has 0 amide bonds. The molecule has 1 aliphatic heterocycles. The molecule has 1 aromatic carbocycles. The van der Waals surface area contributed by atoms with Crippen molar-refractivity contribution in [3.63, 3.8) is 0 Å². The fourth-order valence-corrected chi connectivity index (χ4v) is 2.43. The molecule has 0 fully saturated rings. The third-order valence-electron chi connectivity index (χ3n) is 3.30. The molecule has 2 aromatic rings. The number of fused-ring (bicyclic) bond motifs is 1. The van der Waals surface area contributed by atoms with Gasteiger partial charge in [-0.2, -0.15) is 0 Å². The van der Waals surface area contributed by atoms with E-state index in [-0.39, 0.29) is 0 Å². The van der Waals surface area contributed by atoms with Crippen LogP contribution in [0.15, 0.2) is 28.8 Å². The van der Waals surface area contributed by atoms with Crippen LogP contribution in [0.2, 0.25) is 0 Å². The van der Waals surface area contributed by atoms with Crippen LogP contribution in [0, 0.1) is 6.92 Å². The first-order valence-electron chi connectivity index (χ1n) is 6.11. The summed E-state index contributed by atoms with van der Waals surface area (Å²) in [4.78, 5) is 13.2. The molecule has 19 heavy (non-hydrogen) atoms. The summed E-state index contributed by atoms with van der Waals surface area (Å²) in [7, 11) is 0. The second-order valence-electron chi connectivity index (χ2n) is 4.86. The fourth-order valence-electron chi connectivity index (χ4n) is 2.43. The van der Waals surface area contributed by atoms with E-state index in [1.165, 1.54) is 5.56 Å². The Morgan fingerprint density at radius 1 is 1.37 bits per heavy atom. The number of carboxylic acid groups (broad SMARTS) is 1. The maximum atomic E-state index is 10.9. The van der Waals surface area contributed by atoms with Gasteiger partial charge in [-0.25, -0.2) is 4.79 Å². The van der Waals surface area contributed by atoms with E-state index in [9.17, 15) is 4.79 Å². The predicted octanol–water partition coefficient (Wildman–Crippen LogP) is 2.20. The van der Waals surface area contributed by atoms with Gasteiger partial charge in [-0.15, -0.1) is 0 Å². The van der Waals surface area contributed by atoms with Gasteiger partial charge in [0.1, 0.15) is 5.76 Å². The molecule has 0 atom stereocenters. The highest BCUT2D eigenvalue weighted by Crippen LogP contribution is 2.25. The summed E-state index contributed by atoms with van der Waals surface area (Å²) >= 11 is 0. The minimum absolute atomic E-state index is 0.345. The summed E-state index contributed by atoms with van der Waals surface area (Å²) in [5, 5.41) is 13.0. The van der Waals surface area contributed by atoms with Gasteiger partial charge < -0.3 is 9.63 Å². The number of hydrogen-bond donors (Lipinski definition) is 1.